The Balaban J connectivity index is 1.89. The molecule has 2 rings (SSSR count). The number of carbonyl (C=O) groups is 2. The maximum Gasteiger partial charge on any atom is 0.246 e. The van der Waals surface area contributed by atoms with Crippen LogP contribution >= 0.6 is 0 Å². The third-order valence-corrected chi connectivity index (χ3v) is 5.65. The fourth-order valence-electron chi connectivity index (χ4n) is 3.26. The fourth-order valence-corrected chi connectivity index (χ4v) is 3.26. The van der Waals surface area contributed by atoms with Gasteiger partial charge in [0.2, 0.25) is 11.8 Å². The summed E-state index contributed by atoms with van der Waals surface area (Å²) in [5.41, 5.74) is 3.13. The van der Waals surface area contributed by atoms with Gasteiger partial charge >= 0.3 is 0 Å². The number of benzene rings is 1. The summed E-state index contributed by atoms with van der Waals surface area (Å²) in [6.07, 6.45) is 7.19. The van der Waals surface area contributed by atoms with Crippen molar-refractivity contribution < 1.29 is 9.59 Å². The van der Waals surface area contributed by atoms with Crippen LogP contribution in [0.15, 0.2) is 48.7 Å². The second-order valence-electron chi connectivity index (χ2n) is 8.64. The molecule has 0 saturated carbocycles. The number of aromatic nitrogens is 1. The molecule has 4 N–H and O–H groups in total. The fraction of sp³-hybridized carbons (Fsp3) is 0.379. The Morgan fingerprint density at radius 2 is 1.97 bits per heavy atom. The molecule has 9 heteroatoms. The number of carbonyl (C=O) groups excluding carboxylic acids is 2. The third-order valence-electron chi connectivity index (χ3n) is 5.65. The maximum absolute atomic E-state index is 12.4. The van der Waals surface area contributed by atoms with Gasteiger partial charge in [0.05, 0.1) is 22.9 Å². The second-order valence-corrected chi connectivity index (χ2v) is 8.64. The largest absolute Gasteiger partial charge is 0.384 e. The van der Waals surface area contributed by atoms with Crippen LogP contribution in [-0.4, -0.2) is 61.5 Å². The summed E-state index contributed by atoms with van der Waals surface area (Å²) in [7, 11) is 3.41. The lowest BCUT2D eigenvalue weighted by atomic mass is 10.2. The van der Waals surface area contributed by atoms with Gasteiger partial charge in [0.15, 0.2) is 0 Å². The van der Waals surface area contributed by atoms with E-state index in [-0.39, 0.29) is 11.8 Å². The molecule has 1 aromatic heterocycles. The van der Waals surface area contributed by atoms with E-state index >= 15 is 0 Å². The molecule has 0 saturated heterocycles. The molecule has 0 aliphatic carbocycles. The van der Waals surface area contributed by atoms with Gasteiger partial charge < -0.3 is 26.2 Å². The zero-order valence-corrected chi connectivity index (χ0v) is 22.6. The molecule has 0 unspecified atom stereocenters. The first-order valence-corrected chi connectivity index (χ1v) is 12.7. The van der Waals surface area contributed by atoms with E-state index in [2.05, 4.69) is 51.1 Å². The molecule has 1 heterocycles. The van der Waals surface area contributed by atoms with Crippen molar-refractivity contribution in [3.8, 4) is 17.9 Å². The van der Waals surface area contributed by atoms with E-state index in [1.807, 2.05) is 18.2 Å². The Labute approximate surface area is 225 Å². The molecule has 1 atom stereocenters. The molecule has 2 amide bonds. The highest BCUT2D eigenvalue weighted by Gasteiger charge is 2.20. The van der Waals surface area contributed by atoms with Crippen molar-refractivity contribution in [3.05, 3.63) is 59.8 Å². The number of anilines is 3. The van der Waals surface area contributed by atoms with Crippen LogP contribution in [-0.2, 0) is 9.59 Å². The van der Waals surface area contributed by atoms with Crippen LogP contribution in [0.4, 0.5) is 17.2 Å². The molecule has 9 nitrogen and oxygen atoms in total. The van der Waals surface area contributed by atoms with Gasteiger partial charge in [-0.05, 0) is 51.1 Å². The van der Waals surface area contributed by atoms with Gasteiger partial charge in [0.1, 0.15) is 11.9 Å². The number of unbranched alkanes of at least 4 members (excludes halogenated alkanes) is 1. The summed E-state index contributed by atoms with van der Waals surface area (Å²) in [5, 5.41) is 21.4. The van der Waals surface area contributed by atoms with Crippen LogP contribution in [0.1, 0.15) is 44.2 Å². The van der Waals surface area contributed by atoms with Gasteiger partial charge in [-0.3, -0.25) is 9.59 Å². The predicted molar refractivity (Wildman–Crippen MR) is 152 cm³/mol. The Bertz CT molecular complexity index is 1190. The lowest BCUT2D eigenvalue weighted by molar-refractivity contribution is -0.135. The monoisotopic (exact) mass is 515 g/mol. The SMILES string of the molecule is CCCNc1cc(Nc2ccc(C#N)cc2)ncc1C#CCCCNC(=O)[C@H](C)N(C)C(=O)/C=C/CNC. The minimum atomic E-state index is -0.567. The molecule has 0 spiro atoms. The average molecular weight is 516 g/mol. The molecule has 38 heavy (non-hydrogen) atoms. The molecule has 0 aliphatic rings. The van der Waals surface area contributed by atoms with Crippen molar-refractivity contribution in [2.24, 2.45) is 0 Å². The topological polar surface area (TPSA) is 122 Å². The molecule has 1 aromatic carbocycles. The van der Waals surface area contributed by atoms with Crippen molar-refractivity contribution in [3.63, 3.8) is 0 Å². The Kier molecular flexibility index (Phi) is 12.9. The lowest BCUT2D eigenvalue weighted by Gasteiger charge is -2.22. The number of nitrogens with one attached hydrogen (secondary N) is 4. The van der Waals surface area contributed by atoms with Gasteiger partial charge in [-0.1, -0.05) is 24.8 Å². The van der Waals surface area contributed by atoms with E-state index in [9.17, 15) is 9.59 Å². The zero-order valence-electron chi connectivity index (χ0n) is 22.6. The van der Waals surface area contributed by atoms with Gasteiger partial charge in [-0.15, -0.1) is 0 Å². The van der Waals surface area contributed by atoms with E-state index in [0.29, 0.717) is 37.3 Å². The number of pyridine rings is 1. The summed E-state index contributed by atoms with van der Waals surface area (Å²) < 4.78 is 0. The molecule has 0 fully saturated rings. The molecule has 0 aliphatic heterocycles. The van der Waals surface area contributed by atoms with Crippen LogP contribution in [0.3, 0.4) is 0 Å². The number of hydrogen-bond acceptors (Lipinski definition) is 7. The first kappa shape index (κ1) is 29.9. The highest BCUT2D eigenvalue weighted by atomic mass is 16.2. The van der Waals surface area contributed by atoms with Gasteiger partial charge in [0.25, 0.3) is 0 Å². The van der Waals surface area contributed by atoms with Crippen molar-refractivity contribution in [1.29, 1.82) is 5.26 Å². The molecular formula is C29H37N7O2. The standard InChI is InChI=1S/C29H37N7O2/c1-5-16-32-26-19-27(35-25-14-12-23(20-30)13-15-25)34-21-24(26)10-7-6-8-18-33-29(38)22(2)36(4)28(37)11-9-17-31-3/h9,11-15,19,21-22,31H,5-6,8,16-18H2,1-4H3,(H,33,38)(H2,32,34,35)/b11-9+/t22-/m0/s1. The highest BCUT2D eigenvalue weighted by molar-refractivity contribution is 5.92. The van der Waals surface area contributed by atoms with Crippen LogP contribution in [0, 0.1) is 23.2 Å². The van der Waals surface area contributed by atoms with Gasteiger partial charge in [0, 0.05) is 57.1 Å². The summed E-state index contributed by atoms with van der Waals surface area (Å²) in [6.45, 7) is 5.67. The number of nitrogens with zero attached hydrogens (tertiary/aromatic N) is 3. The number of likely N-dealkylation sites (N-methyl/N-ethyl adjacent to an activating group) is 2. The minimum absolute atomic E-state index is 0.198. The Morgan fingerprint density at radius 1 is 1.21 bits per heavy atom. The number of nitriles is 1. The molecule has 0 radical (unpaired) electrons. The smallest absolute Gasteiger partial charge is 0.246 e. The van der Waals surface area contributed by atoms with Crippen molar-refractivity contribution in [1.82, 2.24) is 20.5 Å². The molecule has 200 valence electrons. The van der Waals surface area contributed by atoms with Crippen molar-refractivity contribution in [2.45, 2.75) is 39.2 Å². The van der Waals surface area contributed by atoms with Gasteiger partial charge in [-0.2, -0.15) is 5.26 Å². The number of hydrogen-bond donors (Lipinski definition) is 4. The van der Waals surface area contributed by atoms with Crippen LogP contribution in [0.25, 0.3) is 0 Å². The number of rotatable bonds is 13. The summed E-state index contributed by atoms with van der Waals surface area (Å²) in [5.74, 6) is 6.61. The molecule has 2 aromatic rings. The van der Waals surface area contributed by atoms with Crippen LogP contribution < -0.4 is 21.3 Å². The van der Waals surface area contributed by atoms with Crippen molar-refractivity contribution in [2.75, 3.05) is 44.4 Å². The highest BCUT2D eigenvalue weighted by Crippen LogP contribution is 2.21. The van der Waals surface area contributed by atoms with Crippen LogP contribution in [0.5, 0.6) is 0 Å². The lowest BCUT2D eigenvalue weighted by Crippen LogP contribution is -2.45. The summed E-state index contributed by atoms with van der Waals surface area (Å²) in [6, 6.07) is 10.6. The quantitative estimate of drug-likeness (QED) is 0.183. The van der Waals surface area contributed by atoms with E-state index in [4.69, 9.17) is 5.26 Å². The Morgan fingerprint density at radius 3 is 2.66 bits per heavy atom. The van der Waals surface area contributed by atoms with E-state index in [1.165, 1.54) is 11.0 Å². The second kappa shape index (κ2) is 16.4. The summed E-state index contributed by atoms with van der Waals surface area (Å²) >= 11 is 0. The molecule has 0 bridgehead atoms. The normalized spacial score (nSPS) is 11.1. The van der Waals surface area contributed by atoms with Crippen LogP contribution in [0.2, 0.25) is 0 Å². The zero-order chi connectivity index (χ0) is 27.8. The maximum atomic E-state index is 12.4. The van der Waals surface area contributed by atoms with E-state index in [0.717, 1.165) is 29.9 Å². The number of amides is 2. The average Bonchev–Trinajstić information content (AvgIpc) is 2.93. The van der Waals surface area contributed by atoms with Gasteiger partial charge in [-0.25, -0.2) is 4.98 Å². The molecular weight excluding hydrogens is 478 g/mol. The minimum Gasteiger partial charge on any atom is -0.384 e. The van der Waals surface area contributed by atoms with E-state index in [1.54, 1.807) is 45.4 Å². The van der Waals surface area contributed by atoms with Crippen molar-refractivity contribution >= 4 is 29.0 Å². The van der Waals surface area contributed by atoms with E-state index < -0.39 is 6.04 Å². The first-order valence-electron chi connectivity index (χ1n) is 12.7. The predicted octanol–water partition coefficient (Wildman–Crippen LogP) is 3.39. The third kappa shape index (κ3) is 9.96. The Hall–Kier alpha value is -4.34. The first-order chi connectivity index (χ1) is 18.4. The summed E-state index contributed by atoms with van der Waals surface area (Å²) in [4.78, 5) is 30.4.